The second-order valence-corrected chi connectivity index (χ2v) is 8.95. The highest BCUT2D eigenvalue weighted by Crippen LogP contribution is 2.50. The van der Waals surface area contributed by atoms with Crippen LogP contribution < -0.4 is 0 Å². The van der Waals surface area contributed by atoms with Gasteiger partial charge in [-0.3, -0.25) is 9.59 Å². The van der Waals surface area contributed by atoms with E-state index in [9.17, 15) is 14.4 Å². The normalized spacial score (nSPS) is 34.6. The van der Waals surface area contributed by atoms with Crippen molar-refractivity contribution in [1.29, 1.82) is 0 Å². The second kappa shape index (κ2) is 8.15. The highest BCUT2D eigenvalue weighted by molar-refractivity contribution is 5.87. The SMILES string of the molecule is CC=C(C)C(=O)OC1CC(C)C2CC(=O)C(C)C2CC1C(C)(C)OC(C)=O. The molecule has 0 aromatic carbocycles. The summed E-state index contributed by atoms with van der Waals surface area (Å²) in [6.45, 7) is 12.9. The van der Waals surface area contributed by atoms with Crippen molar-refractivity contribution in [3.8, 4) is 0 Å². The zero-order valence-electron chi connectivity index (χ0n) is 17.7. The fourth-order valence-corrected chi connectivity index (χ4v) is 4.99. The third-order valence-electron chi connectivity index (χ3n) is 6.76. The average molecular weight is 379 g/mol. The molecule has 0 saturated heterocycles. The fraction of sp³-hybridized carbons (Fsp3) is 0.773. The number of hydrogen-bond acceptors (Lipinski definition) is 5. The maximum absolute atomic E-state index is 12.5. The summed E-state index contributed by atoms with van der Waals surface area (Å²) in [5.74, 6) is 0.301. The lowest BCUT2D eigenvalue weighted by Crippen LogP contribution is -2.45. The van der Waals surface area contributed by atoms with Crippen molar-refractivity contribution in [1.82, 2.24) is 0 Å². The molecule has 6 atom stereocenters. The summed E-state index contributed by atoms with van der Waals surface area (Å²) in [5.41, 5.74) is -0.208. The molecule has 0 spiro atoms. The lowest BCUT2D eigenvalue weighted by Gasteiger charge is -2.39. The van der Waals surface area contributed by atoms with Crippen molar-refractivity contribution < 1.29 is 23.9 Å². The van der Waals surface area contributed by atoms with Gasteiger partial charge in [0.2, 0.25) is 0 Å². The van der Waals surface area contributed by atoms with Crippen molar-refractivity contribution in [3.63, 3.8) is 0 Å². The largest absolute Gasteiger partial charge is 0.459 e. The molecule has 0 aromatic heterocycles. The Hall–Kier alpha value is -1.65. The molecule has 0 N–H and O–H groups in total. The first-order chi connectivity index (χ1) is 12.5. The molecule has 5 heteroatoms. The molecule has 152 valence electrons. The first-order valence-corrected chi connectivity index (χ1v) is 10.0. The summed E-state index contributed by atoms with van der Waals surface area (Å²) in [6.07, 6.45) is 3.39. The van der Waals surface area contributed by atoms with E-state index < -0.39 is 5.60 Å². The smallest absolute Gasteiger partial charge is 0.333 e. The van der Waals surface area contributed by atoms with Crippen LogP contribution in [0, 0.1) is 29.6 Å². The minimum Gasteiger partial charge on any atom is -0.459 e. The van der Waals surface area contributed by atoms with Crippen LogP contribution in [0.4, 0.5) is 0 Å². The van der Waals surface area contributed by atoms with Crippen LogP contribution in [0.1, 0.15) is 67.7 Å². The summed E-state index contributed by atoms with van der Waals surface area (Å²) in [7, 11) is 0. The van der Waals surface area contributed by atoms with Gasteiger partial charge in [-0.1, -0.05) is 19.9 Å². The van der Waals surface area contributed by atoms with E-state index in [0.717, 1.165) is 6.42 Å². The summed E-state index contributed by atoms with van der Waals surface area (Å²) >= 11 is 0. The van der Waals surface area contributed by atoms with Crippen molar-refractivity contribution >= 4 is 17.7 Å². The van der Waals surface area contributed by atoms with Gasteiger partial charge in [-0.05, 0) is 58.3 Å². The molecule has 0 heterocycles. The molecule has 0 aromatic rings. The Balaban J connectivity index is 2.38. The monoisotopic (exact) mass is 378 g/mol. The quantitative estimate of drug-likeness (QED) is 0.544. The molecule has 0 radical (unpaired) electrons. The van der Waals surface area contributed by atoms with Crippen LogP contribution in [0.3, 0.4) is 0 Å². The number of allylic oxidation sites excluding steroid dienone is 1. The molecule has 2 aliphatic carbocycles. The van der Waals surface area contributed by atoms with Crippen molar-refractivity contribution in [2.75, 3.05) is 0 Å². The minimum absolute atomic E-state index is 0.000182. The molecule has 2 fully saturated rings. The summed E-state index contributed by atoms with van der Waals surface area (Å²) in [4.78, 5) is 36.5. The van der Waals surface area contributed by atoms with E-state index >= 15 is 0 Å². The number of ether oxygens (including phenoxy) is 2. The Morgan fingerprint density at radius 1 is 1.11 bits per heavy atom. The van der Waals surface area contributed by atoms with Gasteiger partial charge in [-0.2, -0.15) is 0 Å². The number of carbonyl (C=O) groups excluding carboxylic acids is 3. The molecule has 2 rings (SSSR count). The Kier molecular flexibility index (Phi) is 6.54. The van der Waals surface area contributed by atoms with Gasteiger partial charge >= 0.3 is 11.9 Å². The minimum atomic E-state index is -0.777. The van der Waals surface area contributed by atoms with Crippen LogP contribution in [0.2, 0.25) is 0 Å². The predicted octanol–water partition coefficient (Wildman–Crippen LogP) is 4.09. The summed E-state index contributed by atoms with van der Waals surface area (Å²) in [6, 6.07) is 0. The van der Waals surface area contributed by atoms with E-state index in [1.54, 1.807) is 13.0 Å². The zero-order chi connectivity index (χ0) is 20.5. The number of ketones is 1. The van der Waals surface area contributed by atoms with Crippen molar-refractivity contribution in [2.24, 2.45) is 29.6 Å². The number of esters is 2. The van der Waals surface area contributed by atoms with Gasteiger partial charge in [0.25, 0.3) is 0 Å². The van der Waals surface area contributed by atoms with Crippen LogP contribution >= 0.6 is 0 Å². The van der Waals surface area contributed by atoms with E-state index in [4.69, 9.17) is 9.47 Å². The van der Waals surface area contributed by atoms with Crippen LogP contribution in [-0.4, -0.2) is 29.4 Å². The Bertz CT molecular complexity index is 633. The molecule has 0 bridgehead atoms. The van der Waals surface area contributed by atoms with E-state index in [0.29, 0.717) is 30.1 Å². The van der Waals surface area contributed by atoms with E-state index in [-0.39, 0.29) is 41.7 Å². The van der Waals surface area contributed by atoms with Crippen LogP contribution in [0.15, 0.2) is 11.6 Å². The standard InChI is InChI=1S/C22H34O5/c1-8-12(2)21(25)26-20-9-13(3)16-11-19(24)14(4)17(16)10-18(20)22(6,7)27-15(5)23/h8,13-14,16-18,20H,9-11H2,1-7H3. The van der Waals surface area contributed by atoms with Crippen LogP contribution in [0.5, 0.6) is 0 Å². The van der Waals surface area contributed by atoms with Gasteiger partial charge < -0.3 is 9.47 Å². The summed E-state index contributed by atoms with van der Waals surface area (Å²) < 4.78 is 11.6. The number of carbonyl (C=O) groups is 3. The van der Waals surface area contributed by atoms with Crippen LogP contribution in [-0.2, 0) is 23.9 Å². The fourth-order valence-electron chi connectivity index (χ4n) is 4.99. The lowest BCUT2D eigenvalue weighted by molar-refractivity contribution is -0.171. The Morgan fingerprint density at radius 3 is 2.30 bits per heavy atom. The predicted molar refractivity (Wildman–Crippen MR) is 103 cm³/mol. The number of rotatable bonds is 4. The van der Waals surface area contributed by atoms with Crippen LogP contribution in [0.25, 0.3) is 0 Å². The second-order valence-electron chi connectivity index (χ2n) is 8.95. The molecule has 5 nitrogen and oxygen atoms in total. The molecular weight excluding hydrogens is 344 g/mol. The third kappa shape index (κ3) is 4.61. The molecule has 0 aliphatic heterocycles. The van der Waals surface area contributed by atoms with Gasteiger partial charge in [0, 0.05) is 30.8 Å². The van der Waals surface area contributed by atoms with Gasteiger partial charge in [0.05, 0.1) is 0 Å². The number of fused-ring (bicyclic) bond motifs is 1. The summed E-state index contributed by atoms with van der Waals surface area (Å²) in [5, 5.41) is 0. The van der Waals surface area contributed by atoms with E-state index in [1.165, 1.54) is 6.92 Å². The van der Waals surface area contributed by atoms with Gasteiger partial charge in [0.15, 0.2) is 0 Å². The Morgan fingerprint density at radius 2 is 1.74 bits per heavy atom. The molecule has 6 unspecified atom stereocenters. The maximum Gasteiger partial charge on any atom is 0.333 e. The molecule has 2 saturated carbocycles. The average Bonchev–Trinajstić information content (AvgIpc) is 2.76. The maximum atomic E-state index is 12.5. The number of hydrogen-bond donors (Lipinski definition) is 0. The highest BCUT2D eigenvalue weighted by atomic mass is 16.6. The van der Waals surface area contributed by atoms with Gasteiger partial charge in [0.1, 0.15) is 17.5 Å². The first-order valence-electron chi connectivity index (χ1n) is 10.0. The van der Waals surface area contributed by atoms with Crippen molar-refractivity contribution in [2.45, 2.75) is 79.4 Å². The highest BCUT2D eigenvalue weighted by Gasteiger charge is 2.51. The zero-order valence-corrected chi connectivity index (χ0v) is 17.7. The lowest BCUT2D eigenvalue weighted by atomic mass is 9.76. The topological polar surface area (TPSA) is 69.7 Å². The van der Waals surface area contributed by atoms with E-state index in [1.807, 2.05) is 27.7 Å². The van der Waals surface area contributed by atoms with Gasteiger partial charge in [-0.25, -0.2) is 4.79 Å². The molecular formula is C22H34O5. The van der Waals surface area contributed by atoms with E-state index in [2.05, 4.69) is 6.92 Å². The Labute approximate surface area is 162 Å². The third-order valence-corrected chi connectivity index (χ3v) is 6.76. The number of Topliss-reactive ketones (excluding diaryl/α,β-unsaturated/α-hetero) is 1. The molecule has 27 heavy (non-hydrogen) atoms. The van der Waals surface area contributed by atoms with Gasteiger partial charge in [-0.15, -0.1) is 0 Å². The molecule has 2 aliphatic rings. The first kappa shape index (κ1) is 21.6. The van der Waals surface area contributed by atoms with Crippen molar-refractivity contribution in [3.05, 3.63) is 11.6 Å². The molecule has 0 amide bonds.